The van der Waals surface area contributed by atoms with Gasteiger partial charge in [0.15, 0.2) is 12.7 Å². The van der Waals surface area contributed by atoms with Crippen LogP contribution in [0.25, 0.3) is 0 Å². The van der Waals surface area contributed by atoms with E-state index in [1.807, 2.05) is 57.2 Å². The van der Waals surface area contributed by atoms with Gasteiger partial charge in [0.2, 0.25) is 0 Å². The first kappa shape index (κ1) is 22.3. The largest absolute Gasteiger partial charge is 0.497 e. The lowest BCUT2D eigenvalue weighted by molar-refractivity contribution is -0.156. The third kappa shape index (κ3) is 6.82. The number of amides is 1. The number of carbonyl (C=O) groups is 2. The van der Waals surface area contributed by atoms with Crippen molar-refractivity contribution in [3.8, 4) is 11.5 Å². The minimum absolute atomic E-state index is 0.242. The molecule has 1 atom stereocenters. The molecule has 0 heterocycles. The minimum Gasteiger partial charge on any atom is -0.497 e. The van der Waals surface area contributed by atoms with E-state index in [0.29, 0.717) is 18.7 Å². The maximum Gasteiger partial charge on any atom is 0.344 e. The topological polar surface area (TPSA) is 73.9 Å². The van der Waals surface area contributed by atoms with Crippen LogP contribution in [0.1, 0.15) is 29.2 Å². The maximum absolute atomic E-state index is 12.1. The minimum atomic E-state index is -0.887. The molecule has 0 aliphatic rings. The Morgan fingerprint density at radius 1 is 1.03 bits per heavy atom. The molecule has 0 unspecified atom stereocenters. The van der Waals surface area contributed by atoms with Crippen LogP contribution < -0.4 is 14.8 Å². The van der Waals surface area contributed by atoms with Crippen LogP contribution in [-0.4, -0.2) is 38.2 Å². The molecule has 1 N–H and O–H groups in total. The van der Waals surface area contributed by atoms with Gasteiger partial charge in [-0.15, -0.1) is 0 Å². The molecule has 0 aromatic heterocycles. The molecule has 0 saturated heterocycles. The van der Waals surface area contributed by atoms with E-state index in [4.69, 9.17) is 14.2 Å². The van der Waals surface area contributed by atoms with Crippen molar-refractivity contribution in [1.82, 2.24) is 5.32 Å². The molecular weight excluding hydrogens is 370 g/mol. The van der Waals surface area contributed by atoms with E-state index in [-0.39, 0.29) is 12.5 Å². The number of carbonyl (C=O) groups excluding carboxylic acids is 2. The number of benzene rings is 2. The third-order valence-corrected chi connectivity index (χ3v) is 4.49. The Morgan fingerprint density at radius 2 is 1.66 bits per heavy atom. The summed E-state index contributed by atoms with van der Waals surface area (Å²) in [5.74, 6) is 0.539. The summed E-state index contributed by atoms with van der Waals surface area (Å²) in [6.45, 7) is 7.62. The number of aryl methyl sites for hydroxylation is 3. The van der Waals surface area contributed by atoms with Crippen molar-refractivity contribution in [3.63, 3.8) is 0 Å². The van der Waals surface area contributed by atoms with Gasteiger partial charge in [0.25, 0.3) is 5.91 Å². The second kappa shape index (κ2) is 10.5. The molecule has 0 radical (unpaired) electrons. The Bertz CT molecular complexity index is 822. The molecule has 1 amide bonds. The van der Waals surface area contributed by atoms with Crippen molar-refractivity contribution in [1.29, 1.82) is 0 Å². The van der Waals surface area contributed by atoms with Gasteiger partial charge in [-0.2, -0.15) is 0 Å². The van der Waals surface area contributed by atoms with Crippen LogP contribution in [-0.2, 0) is 20.7 Å². The van der Waals surface area contributed by atoms with Crippen molar-refractivity contribution >= 4 is 11.9 Å². The zero-order valence-electron chi connectivity index (χ0n) is 17.7. The molecule has 2 aromatic carbocycles. The zero-order chi connectivity index (χ0) is 21.4. The Balaban J connectivity index is 1.74. The summed E-state index contributed by atoms with van der Waals surface area (Å²) in [7, 11) is 1.62. The Hall–Kier alpha value is -3.02. The van der Waals surface area contributed by atoms with E-state index < -0.39 is 12.1 Å². The fourth-order valence-electron chi connectivity index (χ4n) is 3.08. The van der Waals surface area contributed by atoms with E-state index in [1.54, 1.807) is 14.0 Å². The summed E-state index contributed by atoms with van der Waals surface area (Å²) in [5, 5.41) is 2.77. The molecule has 0 saturated carbocycles. The highest BCUT2D eigenvalue weighted by atomic mass is 16.6. The summed E-state index contributed by atoms with van der Waals surface area (Å²) < 4.78 is 15.9. The van der Waals surface area contributed by atoms with Crippen LogP contribution in [0.3, 0.4) is 0 Å². The Kier molecular flexibility index (Phi) is 8.07. The average Bonchev–Trinajstić information content (AvgIpc) is 2.67. The van der Waals surface area contributed by atoms with Gasteiger partial charge < -0.3 is 19.5 Å². The summed E-state index contributed by atoms with van der Waals surface area (Å²) in [6.07, 6.45) is -0.215. The first-order valence-electron chi connectivity index (χ1n) is 9.61. The highest BCUT2D eigenvalue weighted by molar-refractivity contribution is 5.83. The predicted molar refractivity (Wildman–Crippen MR) is 111 cm³/mol. The van der Waals surface area contributed by atoms with E-state index in [2.05, 4.69) is 5.32 Å². The lowest BCUT2D eigenvalue weighted by atomic mass is 10.1. The van der Waals surface area contributed by atoms with Gasteiger partial charge in [0.1, 0.15) is 11.5 Å². The molecule has 0 aliphatic heterocycles. The molecular formula is C23H29NO5. The molecule has 156 valence electrons. The van der Waals surface area contributed by atoms with Gasteiger partial charge in [-0.3, -0.25) is 4.79 Å². The second-order valence-electron chi connectivity index (χ2n) is 7.04. The summed E-state index contributed by atoms with van der Waals surface area (Å²) in [4.78, 5) is 24.2. The van der Waals surface area contributed by atoms with Gasteiger partial charge in [0.05, 0.1) is 7.11 Å². The van der Waals surface area contributed by atoms with Gasteiger partial charge in [0, 0.05) is 6.54 Å². The fourth-order valence-corrected chi connectivity index (χ4v) is 3.08. The summed E-state index contributed by atoms with van der Waals surface area (Å²) in [5.41, 5.74) is 4.13. The number of ether oxygens (including phenoxy) is 3. The van der Waals surface area contributed by atoms with Crippen LogP contribution in [0, 0.1) is 20.8 Å². The van der Waals surface area contributed by atoms with E-state index >= 15 is 0 Å². The molecule has 0 fully saturated rings. The van der Waals surface area contributed by atoms with Crippen LogP contribution in [0.2, 0.25) is 0 Å². The van der Waals surface area contributed by atoms with Crippen molar-refractivity contribution in [2.45, 2.75) is 40.2 Å². The fraction of sp³-hybridized carbons (Fsp3) is 0.391. The van der Waals surface area contributed by atoms with Crippen molar-refractivity contribution in [2.24, 2.45) is 0 Å². The lowest BCUT2D eigenvalue weighted by Crippen LogP contribution is -2.37. The molecule has 2 aromatic rings. The number of rotatable bonds is 9. The van der Waals surface area contributed by atoms with Gasteiger partial charge in [-0.1, -0.05) is 29.8 Å². The van der Waals surface area contributed by atoms with Gasteiger partial charge in [-0.05, 0) is 62.9 Å². The molecule has 6 nitrogen and oxygen atoms in total. The number of methoxy groups -OCH3 is 1. The molecule has 29 heavy (non-hydrogen) atoms. The van der Waals surface area contributed by atoms with Crippen LogP contribution >= 0.6 is 0 Å². The van der Waals surface area contributed by atoms with Crippen LogP contribution in [0.4, 0.5) is 0 Å². The lowest BCUT2D eigenvalue weighted by Gasteiger charge is -2.15. The van der Waals surface area contributed by atoms with E-state index in [1.165, 1.54) is 0 Å². The quantitative estimate of drug-likeness (QED) is 0.655. The Morgan fingerprint density at radius 3 is 2.24 bits per heavy atom. The van der Waals surface area contributed by atoms with Gasteiger partial charge >= 0.3 is 5.97 Å². The zero-order valence-corrected chi connectivity index (χ0v) is 17.7. The highest BCUT2D eigenvalue weighted by Gasteiger charge is 2.18. The number of hydrogen-bond donors (Lipinski definition) is 1. The highest BCUT2D eigenvalue weighted by Crippen LogP contribution is 2.24. The molecule has 0 spiro atoms. The summed E-state index contributed by atoms with van der Waals surface area (Å²) >= 11 is 0. The third-order valence-electron chi connectivity index (χ3n) is 4.49. The number of esters is 1. The molecule has 0 aliphatic carbocycles. The first-order chi connectivity index (χ1) is 13.8. The smallest absolute Gasteiger partial charge is 0.344 e. The van der Waals surface area contributed by atoms with Crippen LogP contribution in [0.15, 0.2) is 36.4 Å². The monoisotopic (exact) mass is 399 g/mol. The normalized spacial score (nSPS) is 11.5. The number of nitrogens with one attached hydrogen (secondary N) is 1. The predicted octanol–water partition coefficient (Wildman–Crippen LogP) is 3.29. The SMILES string of the molecule is COc1ccc(CCNC(=O)[C@H](C)OC(=O)COc2c(C)cc(C)cc2C)cc1. The molecule has 0 bridgehead atoms. The van der Waals surface area contributed by atoms with Gasteiger partial charge in [-0.25, -0.2) is 4.79 Å². The van der Waals surface area contributed by atoms with E-state index in [0.717, 1.165) is 28.0 Å². The standard InChI is InChI=1S/C23H29NO5/c1-15-12-16(2)22(17(3)13-15)28-14-21(25)29-18(4)23(26)24-11-10-19-6-8-20(27-5)9-7-19/h6-9,12-13,18H,10-11,14H2,1-5H3,(H,24,26)/t18-/m0/s1. The first-order valence-corrected chi connectivity index (χ1v) is 9.61. The van der Waals surface area contributed by atoms with Crippen molar-refractivity contribution in [3.05, 3.63) is 58.7 Å². The van der Waals surface area contributed by atoms with Crippen LogP contribution in [0.5, 0.6) is 11.5 Å². The van der Waals surface area contributed by atoms with Crippen molar-refractivity contribution in [2.75, 3.05) is 20.3 Å². The Labute approximate surface area is 172 Å². The number of hydrogen-bond acceptors (Lipinski definition) is 5. The maximum atomic E-state index is 12.1. The molecule has 6 heteroatoms. The molecule has 2 rings (SSSR count). The second-order valence-corrected chi connectivity index (χ2v) is 7.04. The van der Waals surface area contributed by atoms with Crippen molar-refractivity contribution < 1.29 is 23.8 Å². The van der Waals surface area contributed by atoms with E-state index in [9.17, 15) is 9.59 Å². The summed E-state index contributed by atoms with van der Waals surface area (Å²) in [6, 6.07) is 11.6. The average molecular weight is 399 g/mol.